The maximum absolute atomic E-state index is 11.9. The van der Waals surface area contributed by atoms with Gasteiger partial charge in [0.1, 0.15) is 12.2 Å². The molecule has 0 atom stereocenters. The van der Waals surface area contributed by atoms with E-state index in [1.807, 2.05) is 0 Å². The Labute approximate surface area is 120 Å². The first-order valence-electron chi connectivity index (χ1n) is 6.06. The molecule has 9 heteroatoms. The van der Waals surface area contributed by atoms with Crippen LogP contribution in [-0.4, -0.2) is 43.5 Å². The molecule has 0 fully saturated rings. The van der Waals surface area contributed by atoms with Crippen LogP contribution in [0.1, 0.15) is 10.4 Å². The quantitative estimate of drug-likeness (QED) is 0.347. The number of carbonyl (C=O) groups is 2. The van der Waals surface area contributed by atoms with Gasteiger partial charge >= 0.3 is 0 Å². The van der Waals surface area contributed by atoms with Gasteiger partial charge in [-0.2, -0.15) is 0 Å². The van der Waals surface area contributed by atoms with Gasteiger partial charge in [0.05, 0.1) is 11.5 Å². The zero-order valence-electron chi connectivity index (χ0n) is 11.4. The van der Waals surface area contributed by atoms with E-state index in [4.69, 9.17) is 10.5 Å². The number of hydrogen-bond donors (Lipinski definition) is 3. The summed E-state index contributed by atoms with van der Waals surface area (Å²) in [6.45, 7) is -0.0630. The predicted molar refractivity (Wildman–Crippen MR) is 75.0 cm³/mol. The number of ether oxygens (including phenoxy) is 1. The van der Waals surface area contributed by atoms with E-state index >= 15 is 0 Å². The summed E-state index contributed by atoms with van der Waals surface area (Å²) >= 11 is 0. The molecule has 114 valence electrons. The predicted octanol–water partition coefficient (Wildman–Crippen LogP) is -0.132. The Bertz CT molecular complexity index is 546. The van der Waals surface area contributed by atoms with Crippen molar-refractivity contribution in [2.45, 2.75) is 0 Å². The van der Waals surface area contributed by atoms with Gasteiger partial charge in [-0.15, -0.1) is 0 Å². The van der Waals surface area contributed by atoms with Crippen molar-refractivity contribution in [3.05, 3.63) is 33.9 Å². The van der Waals surface area contributed by atoms with Crippen molar-refractivity contribution < 1.29 is 19.2 Å². The first kappa shape index (κ1) is 16.4. The van der Waals surface area contributed by atoms with Crippen LogP contribution in [0.15, 0.2) is 18.2 Å². The molecule has 0 saturated carbocycles. The maximum atomic E-state index is 11.9. The zero-order chi connectivity index (χ0) is 15.8. The van der Waals surface area contributed by atoms with Gasteiger partial charge in [0.15, 0.2) is 0 Å². The summed E-state index contributed by atoms with van der Waals surface area (Å²) in [5, 5.41) is 16.2. The Morgan fingerprint density at radius 1 is 1.43 bits per heavy atom. The molecule has 0 aromatic heterocycles. The molecule has 0 heterocycles. The number of hydrogen-bond acceptors (Lipinski definition) is 6. The summed E-state index contributed by atoms with van der Waals surface area (Å²) < 4.78 is 4.87. The molecule has 1 rings (SSSR count). The third-order valence-corrected chi connectivity index (χ3v) is 2.50. The number of rotatable bonds is 8. The molecule has 0 aliphatic heterocycles. The van der Waals surface area contributed by atoms with E-state index in [0.717, 1.165) is 0 Å². The average Bonchev–Trinajstić information content (AvgIpc) is 2.45. The lowest BCUT2D eigenvalue weighted by atomic mass is 10.1. The van der Waals surface area contributed by atoms with E-state index in [1.165, 1.54) is 18.2 Å². The molecule has 21 heavy (non-hydrogen) atoms. The molecule has 0 radical (unpaired) electrons. The third-order valence-electron chi connectivity index (χ3n) is 2.50. The van der Waals surface area contributed by atoms with E-state index in [9.17, 15) is 19.7 Å². The summed E-state index contributed by atoms with van der Waals surface area (Å²) in [6, 6.07) is 4.15. The van der Waals surface area contributed by atoms with Crippen molar-refractivity contribution in [2.75, 3.05) is 32.1 Å². The fourth-order valence-electron chi connectivity index (χ4n) is 1.54. The number of amides is 2. The normalized spacial score (nSPS) is 9.95. The number of benzene rings is 1. The van der Waals surface area contributed by atoms with E-state index < -0.39 is 16.7 Å². The standard InChI is InChI=1S/C12H16N4O5/c1-14-8-2-3-10(16(19)20)9(6-8)12(18)15-4-5-21-7-11(13)17/h2-3,6,14H,4-5,7H2,1H3,(H2,13,17)(H,15,18). The summed E-state index contributed by atoms with van der Waals surface area (Å²) in [4.78, 5) is 32.7. The van der Waals surface area contributed by atoms with E-state index in [1.54, 1.807) is 7.05 Å². The van der Waals surface area contributed by atoms with Gasteiger partial charge in [-0.1, -0.05) is 0 Å². The SMILES string of the molecule is CNc1ccc([N+](=O)[O-])c(C(=O)NCCOCC(N)=O)c1. The largest absolute Gasteiger partial charge is 0.388 e. The third kappa shape index (κ3) is 5.07. The highest BCUT2D eigenvalue weighted by Crippen LogP contribution is 2.22. The van der Waals surface area contributed by atoms with Crippen molar-refractivity contribution >= 4 is 23.2 Å². The maximum Gasteiger partial charge on any atom is 0.282 e. The van der Waals surface area contributed by atoms with Crippen LogP contribution in [-0.2, 0) is 9.53 Å². The van der Waals surface area contributed by atoms with Gasteiger partial charge < -0.3 is 21.1 Å². The Kier molecular flexibility index (Phi) is 6.08. The average molecular weight is 296 g/mol. The molecule has 0 bridgehead atoms. The minimum atomic E-state index is -0.627. The summed E-state index contributed by atoms with van der Waals surface area (Å²) in [5.41, 5.74) is 5.12. The number of carbonyl (C=O) groups excluding carboxylic acids is 2. The number of nitrogens with zero attached hydrogens (tertiary/aromatic N) is 1. The van der Waals surface area contributed by atoms with E-state index in [2.05, 4.69) is 10.6 Å². The van der Waals surface area contributed by atoms with Gasteiger partial charge in [-0.05, 0) is 12.1 Å². The van der Waals surface area contributed by atoms with E-state index in [-0.39, 0.29) is 31.0 Å². The molecule has 9 nitrogen and oxygen atoms in total. The number of nitrogens with two attached hydrogens (primary N) is 1. The van der Waals surface area contributed by atoms with Gasteiger partial charge in [-0.3, -0.25) is 19.7 Å². The molecule has 0 spiro atoms. The summed E-state index contributed by atoms with van der Waals surface area (Å²) in [7, 11) is 1.64. The molecule has 0 unspecified atom stereocenters. The Hall–Kier alpha value is -2.68. The Balaban J connectivity index is 2.67. The molecule has 1 aromatic carbocycles. The summed E-state index contributed by atoms with van der Waals surface area (Å²) in [6.07, 6.45) is 0. The molecule has 0 aliphatic carbocycles. The minimum Gasteiger partial charge on any atom is -0.388 e. The van der Waals surface area contributed by atoms with Gasteiger partial charge in [0, 0.05) is 25.3 Å². The smallest absolute Gasteiger partial charge is 0.282 e. The fourth-order valence-corrected chi connectivity index (χ4v) is 1.54. The van der Waals surface area contributed by atoms with Crippen LogP contribution in [0.3, 0.4) is 0 Å². The van der Waals surface area contributed by atoms with Crippen LogP contribution in [0.5, 0.6) is 0 Å². The number of nitro benzene ring substituents is 1. The lowest BCUT2D eigenvalue weighted by molar-refractivity contribution is -0.385. The van der Waals surface area contributed by atoms with Crippen LogP contribution in [0.25, 0.3) is 0 Å². The van der Waals surface area contributed by atoms with Crippen molar-refractivity contribution in [3.8, 4) is 0 Å². The molecule has 2 amide bonds. The minimum absolute atomic E-state index is 0.0539. The van der Waals surface area contributed by atoms with Crippen molar-refractivity contribution in [3.63, 3.8) is 0 Å². The van der Waals surface area contributed by atoms with Crippen LogP contribution in [0, 0.1) is 10.1 Å². The van der Waals surface area contributed by atoms with Gasteiger partial charge in [0.2, 0.25) is 5.91 Å². The second-order valence-electron chi connectivity index (χ2n) is 4.01. The molecule has 0 aliphatic rings. The fraction of sp³-hybridized carbons (Fsp3) is 0.333. The van der Waals surface area contributed by atoms with Crippen molar-refractivity contribution in [1.82, 2.24) is 5.32 Å². The molecular formula is C12H16N4O5. The monoisotopic (exact) mass is 296 g/mol. The van der Waals surface area contributed by atoms with E-state index in [0.29, 0.717) is 5.69 Å². The lowest BCUT2D eigenvalue weighted by Crippen LogP contribution is -2.29. The van der Waals surface area contributed by atoms with Crippen LogP contribution in [0.4, 0.5) is 11.4 Å². The number of nitrogens with one attached hydrogen (secondary N) is 2. The number of anilines is 1. The molecule has 4 N–H and O–H groups in total. The highest BCUT2D eigenvalue weighted by Gasteiger charge is 2.20. The second-order valence-corrected chi connectivity index (χ2v) is 4.01. The highest BCUT2D eigenvalue weighted by molar-refractivity contribution is 5.99. The Morgan fingerprint density at radius 3 is 2.71 bits per heavy atom. The molecular weight excluding hydrogens is 280 g/mol. The highest BCUT2D eigenvalue weighted by atomic mass is 16.6. The topological polar surface area (TPSA) is 137 Å². The number of primary amides is 1. The Morgan fingerprint density at radius 2 is 2.14 bits per heavy atom. The first-order valence-corrected chi connectivity index (χ1v) is 6.06. The second kappa shape index (κ2) is 7.80. The zero-order valence-corrected chi connectivity index (χ0v) is 11.4. The van der Waals surface area contributed by atoms with Crippen LogP contribution >= 0.6 is 0 Å². The van der Waals surface area contributed by atoms with Gasteiger partial charge in [0.25, 0.3) is 11.6 Å². The molecule has 1 aromatic rings. The van der Waals surface area contributed by atoms with Crippen LogP contribution in [0.2, 0.25) is 0 Å². The van der Waals surface area contributed by atoms with Crippen molar-refractivity contribution in [2.24, 2.45) is 5.73 Å². The van der Waals surface area contributed by atoms with Crippen molar-refractivity contribution in [1.29, 1.82) is 0 Å². The van der Waals surface area contributed by atoms with Crippen LogP contribution < -0.4 is 16.4 Å². The summed E-state index contributed by atoms with van der Waals surface area (Å²) in [5.74, 6) is -1.21. The van der Waals surface area contributed by atoms with Gasteiger partial charge in [-0.25, -0.2) is 0 Å². The molecule has 0 saturated heterocycles. The lowest BCUT2D eigenvalue weighted by Gasteiger charge is -2.08. The number of nitro groups is 1. The first-order chi connectivity index (χ1) is 9.95.